The van der Waals surface area contributed by atoms with E-state index in [9.17, 15) is 18.3 Å². The molecule has 0 amide bonds. The first-order valence-corrected chi connectivity index (χ1v) is 14.4. The molecule has 3 aromatic carbocycles. The van der Waals surface area contributed by atoms with E-state index in [0.29, 0.717) is 23.7 Å². The molecule has 0 fully saturated rings. The maximum Gasteiger partial charge on any atom is 0.307 e. The van der Waals surface area contributed by atoms with E-state index in [-0.39, 0.29) is 6.54 Å². The van der Waals surface area contributed by atoms with Crippen LogP contribution in [-0.2, 0) is 28.4 Å². The average molecular weight is 548 g/mol. The van der Waals surface area contributed by atoms with E-state index < -0.39 is 27.8 Å². The quantitative estimate of drug-likeness (QED) is 0.388. The number of rotatable bonds is 6. The van der Waals surface area contributed by atoms with Crippen LogP contribution in [0, 0.1) is 19.8 Å². The van der Waals surface area contributed by atoms with E-state index in [2.05, 4.69) is 10.3 Å². The monoisotopic (exact) mass is 547 g/mol. The molecule has 4 aromatic rings. The number of carboxylic acid groups (broad SMARTS) is 1. The third-order valence-electron chi connectivity index (χ3n) is 7.96. The Bertz CT molecular complexity index is 1680. The Hall–Kier alpha value is -3.76. The van der Waals surface area contributed by atoms with Gasteiger partial charge in [-0.05, 0) is 59.9 Å². The summed E-state index contributed by atoms with van der Waals surface area (Å²) >= 11 is 0. The van der Waals surface area contributed by atoms with Gasteiger partial charge in [-0.2, -0.15) is 4.31 Å². The van der Waals surface area contributed by atoms with Crippen LogP contribution in [0.4, 0.5) is 5.69 Å². The second-order valence-electron chi connectivity index (χ2n) is 10.4. The van der Waals surface area contributed by atoms with E-state index in [4.69, 9.17) is 0 Å². The van der Waals surface area contributed by atoms with Crippen LogP contribution in [-0.4, -0.2) is 58.9 Å². The van der Waals surface area contributed by atoms with Crippen LogP contribution in [0.3, 0.4) is 0 Å². The number of aliphatic carboxylic acids is 1. The molecule has 2 atom stereocenters. The average Bonchev–Trinajstić information content (AvgIpc) is 3.26. The van der Waals surface area contributed by atoms with Gasteiger partial charge in [-0.3, -0.25) is 4.79 Å². The second-order valence-corrected chi connectivity index (χ2v) is 12.3. The maximum absolute atomic E-state index is 13.7. The Morgan fingerprint density at radius 3 is 2.54 bits per heavy atom. The van der Waals surface area contributed by atoms with Crippen LogP contribution >= 0.6 is 0 Å². The third-order valence-corrected chi connectivity index (χ3v) is 9.85. The van der Waals surface area contributed by atoms with Crippen molar-refractivity contribution in [2.45, 2.75) is 38.1 Å². The highest BCUT2D eigenvalue weighted by atomic mass is 32.2. The van der Waals surface area contributed by atoms with Gasteiger partial charge >= 0.3 is 5.97 Å². The van der Waals surface area contributed by atoms with Gasteiger partial charge in [0.2, 0.25) is 10.0 Å². The van der Waals surface area contributed by atoms with Gasteiger partial charge in [-0.25, -0.2) is 13.1 Å². The number of benzene rings is 3. The van der Waals surface area contributed by atoms with Gasteiger partial charge in [0.1, 0.15) is 10.4 Å². The van der Waals surface area contributed by atoms with Crippen molar-refractivity contribution < 1.29 is 18.3 Å². The van der Waals surface area contributed by atoms with Crippen LogP contribution in [0.25, 0.3) is 11.0 Å². The fourth-order valence-corrected chi connectivity index (χ4v) is 7.15. The lowest BCUT2D eigenvalue weighted by molar-refractivity contribution is -0.141. The molecule has 1 aliphatic heterocycles. The second kappa shape index (κ2) is 10.1. The Labute approximate surface area is 228 Å². The number of carboxylic acids is 1. The number of fused-ring (bicyclic) bond motifs is 2. The first-order valence-electron chi connectivity index (χ1n) is 12.9. The number of hydrogen-bond acceptors (Lipinski definition) is 6. The molecule has 9 nitrogen and oxygen atoms in total. The van der Waals surface area contributed by atoms with E-state index in [1.165, 1.54) is 4.31 Å². The van der Waals surface area contributed by atoms with Gasteiger partial charge in [-0.15, -0.1) is 5.10 Å². The minimum atomic E-state index is -3.73. The minimum Gasteiger partial charge on any atom is -0.481 e. The number of hydrogen-bond donors (Lipinski definition) is 1. The summed E-state index contributed by atoms with van der Waals surface area (Å²) in [5, 5.41) is 18.5. The Morgan fingerprint density at radius 1 is 1.05 bits per heavy atom. The Balaban J connectivity index is 1.58. The lowest BCUT2D eigenvalue weighted by atomic mass is 9.79. The zero-order chi connectivity index (χ0) is 28.1. The lowest BCUT2D eigenvalue weighted by Gasteiger charge is -2.26. The van der Waals surface area contributed by atoms with Gasteiger partial charge in [0.05, 0.1) is 17.1 Å². The molecule has 10 heteroatoms. The van der Waals surface area contributed by atoms with Gasteiger partial charge in [0.25, 0.3) is 0 Å². The summed E-state index contributed by atoms with van der Waals surface area (Å²) in [6.45, 7) is 6.70. The molecule has 1 N–H and O–H groups in total. The summed E-state index contributed by atoms with van der Waals surface area (Å²) in [6.07, 6.45) is 0. The van der Waals surface area contributed by atoms with E-state index in [0.717, 1.165) is 38.9 Å². The predicted octanol–water partition coefficient (Wildman–Crippen LogP) is 4.08. The van der Waals surface area contributed by atoms with Crippen molar-refractivity contribution in [2.75, 3.05) is 25.0 Å². The van der Waals surface area contributed by atoms with Gasteiger partial charge in [0, 0.05) is 39.6 Å². The standard InChI is InChI=1S/C29H33N5O4S/c1-18-10-11-21(27(20(3)29(35)36)23-12-13-25-28(19(23)2)30-31-33(25)5)16-22(18)17-34-15-14-32(4)24-8-6-7-9-26(24)39(34,37)38/h6-13,16,20,27H,14-15,17H2,1-5H3,(H,35,36)/t20?,27-/m0/s1. The zero-order valence-corrected chi connectivity index (χ0v) is 23.6. The fourth-order valence-electron chi connectivity index (χ4n) is 5.51. The fraction of sp³-hybridized carbons (Fsp3) is 0.345. The summed E-state index contributed by atoms with van der Waals surface area (Å²) in [6, 6.07) is 16.8. The first-order chi connectivity index (χ1) is 18.5. The summed E-state index contributed by atoms with van der Waals surface area (Å²) < 4.78 is 30.6. The SMILES string of the molecule is Cc1ccc([C@@H](c2ccc3c(nnn3C)c2C)C(C)C(=O)O)cc1CN1CCN(C)c2ccccc2S1(=O)=O. The van der Waals surface area contributed by atoms with Crippen molar-refractivity contribution in [1.82, 2.24) is 19.3 Å². The first kappa shape index (κ1) is 26.8. The smallest absolute Gasteiger partial charge is 0.307 e. The number of para-hydroxylation sites is 1. The topological polar surface area (TPSA) is 109 Å². The number of aromatic nitrogens is 3. The molecule has 0 spiro atoms. The van der Waals surface area contributed by atoms with Crippen molar-refractivity contribution in [2.24, 2.45) is 13.0 Å². The molecule has 0 saturated heterocycles. The molecule has 5 rings (SSSR count). The maximum atomic E-state index is 13.7. The van der Waals surface area contributed by atoms with Crippen LogP contribution in [0.2, 0.25) is 0 Å². The number of aryl methyl sites for hydroxylation is 3. The molecule has 204 valence electrons. The van der Waals surface area contributed by atoms with Crippen molar-refractivity contribution in [3.05, 3.63) is 82.4 Å². The van der Waals surface area contributed by atoms with Crippen LogP contribution in [0.15, 0.2) is 59.5 Å². The number of carbonyl (C=O) groups is 1. The molecular weight excluding hydrogens is 514 g/mol. The highest BCUT2D eigenvalue weighted by Crippen LogP contribution is 2.38. The normalized spacial score (nSPS) is 17.0. The van der Waals surface area contributed by atoms with Gasteiger partial charge < -0.3 is 10.0 Å². The number of sulfonamides is 1. The predicted molar refractivity (Wildman–Crippen MR) is 150 cm³/mol. The number of likely N-dealkylation sites (N-methyl/N-ethyl adjacent to an activating group) is 1. The highest BCUT2D eigenvalue weighted by Gasteiger charge is 2.33. The van der Waals surface area contributed by atoms with Gasteiger partial charge in [-0.1, -0.05) is 48.5 Å². The molecule has 1 aromatic heterocycles. The van der Waals surface area contributed by atoms with Crippen molar-refractivity contribution in [3.8, 4) is 0 Å². The van der Waals surface area contributed by atoms with Crippen molar-refractivity contribution >= 4 is 32.7 Å². The molecule has 2 heterocycles. The summed E-state index contributed by atoms with van der Waals surface area (Å²) in [5.41, 5.74) is 6.67. The summed E-state index contributed by atoms with van der Waals surface area (Å²) in [5.74, 6) is -2.09. The highest BCUT2D eigenvalue weighted by molar-refractivity contribution is 7.89. The zero-order valence-electron chi connectivity index (χ0n) is 22.8. The number of nitrogens with zero attached hydrogens (tertiary/aromatic N) is 5. The Morgan fingerprint density at radius 2 is 1.79 bits per heavy atom. The van der Waals surface area contributed by atoms with Gasteiger partial charge in [0.15, 0.2) is 0 Å². The molecule has 0 bridgehead atoms. The summed E-state index contributed by atoms with van der Waals surface area (Å²) in [7, 11) is -0.00572. The Kier molecular flexibility index (Phi) is 6.94. The molecule has 0 radical (unpaired) electrons. The largest absolute Gasteiger partial charge is 0.481 e. The third kappa shape index (κ3) is 4.68. The van der Waals surface area contributed by atoms with E-state index in [1.54, 1.807) is 23.7 Å². The molecular formula is C29H33N5O4S. The molecule has 0 saturated carbocycles. The van der Waals surface area contributed by atoms with Crippen molar-refractivity contribution in [1.29, 1.82) is 0 Å². The molecule has 1 aliphatic rings. The summed E-state index contributed by atoms with van der Waals surface area (Å²) in [4.78, 5) is 14.5. The molecule has 0 aliphatic carbocycles. The van der Waals surface area contributed by atoms with Crippen molar-refractivity contribution in [3.63, 3.8) is 0 Å². The number of anilines is 1. The lowest BCUT2D eigenvalue weighted by Crippen LogP contribution is -2.33. The van der Waals surface area contributed by atoms with Crippen LogP contribution in [0.5, 0.6) is 0 Å². The van der Waals surface area contributed by atoms with Crippen LogP contribution < -0.4 is 4.90 Å². The van der Waals surface area contributed by atoms with E-state index in [1.807, 2.05) is 75.3 Å². The van der Waals surface area contributed by atoms with E-state index >= 15 is 0 Å². The minimum absolute atomic E-state index is 0.195. The van der Waals surface area contributed by atoms with Crippen LogP contribution in [0.1, 0.15) is 40.7 Å². The molecule has 1 unspecified atom stereocenters. The molecule has 39 heavy (non-hydrogen) atoms.